The van der Waals surface area contributed by atoms with Gasteiger partial charge in [0, 0.05) is 17.8 Å². The van der Waals surface area contributed by atoms with Gasteiger partial charge in [-0.2, -0.15) is 0 Å². The zero-order valence-electron chi connectivity index (χ0n) is 12.4. The molecule has 0 spiro atoms. The third kappa shape index (κ3) is 5.17. The topological polar surface area (TPSA) is 104 Å². The first kappa shape index (κ1) is 17.1. The molecule has 0 aromatic heterocycles. The molecule has 2 amide bonds. The molecule has 6 heteroatoms. The highest BCUT2D eigenvalue weighted by molar-refractivity contribution is 5.97. The van der Waals surface area contributed by atoms with E-state index in [1.54, 1.807) is 24.3 Å². The first-order valence-electron chi connectivity index (χ1n) is 7.05. The van der Waals surface area contributed by atoms with Crippen LogP contribution in [-0.2, 0) is 4.79 Å². The number of aliphatic hydroxyl groups is 1. The van der Waals surface area contributed by atoms with Gasteiger partial charge < -0.3 is 21.5 Å². The summed E-state index contributed by atoms with van der Waals surface area (Å²) in [4.78, 5) is 23.6. The van der Waals surface area contributed by atoms with Crippen LogP contribution in [0.25, 0.3) is 0 Å². The van der Waals surface area contributed by atoms with Crippen molar-refractivity contribution in [1.29, 1.82) is 0 Å². The molecule has 1 aromatic rings. The zero-order chi connectivity index (χ0) is 15.8. The molecule has 116 valence electrons. The SMILES string of the molecule is CC[C@H](C)[C@H](N)C(=O)Nc1ccc(C(=O)NCCO)cc1. The average molecular weight is 293 g/mol. The summed E-state index contributed by atoms with van der Waals surface area (Å²) in [7, 11) is 0. The highest BCUT2D eigenvalue weighted by Crippen LogP contribution is 2.12. The summed E-state index contributed by atoms with van der Waals surface area (Å²) in [6.45, 7) is 4.02. The van der Waals surface area contributed by atoms with Crippen LogP contribution in [0.1, 0.15) is 30.6 Å². The van der Waals surface area contributed by atoms with E-state index in [2.05, 4.69) is 10.6 Å². The molecule has 5 N–H and O–H groups in total. The lowest BCUT2D eigenvalue weighted by molar-refractivity contribution is -0.118. The Kier molecular flexibility index (Phi) is 6.84. The van der Waals surface area contributed by atoms with Crippen molar-refractivity contribution in [1.82, 2.24) is 5.32 Å². The van der Waals surface area contributed by atoms with Gasteiger partial charge in [-0.1, -0.05) is 20.3 Å². The van der Waals surface area contributed by atoms with Gasteiger partial charge in [-0.05, 0) is 30.2 Å². The zero-order valence-corrected chi connectivity index (χ0v) is 12.4. The first-order valence-corrected chi connectivity index (χ1v) is 7.05. The monoisotopic (exact) mass is 293 g/mol. The van der Waals surface area contributed by atoms with Crippen molar-refractivity contribution >= 4 is 17.5 Å². The summed E-state index contributed by atoms with van der Waals surface area (Å²) in [5.74, 6) is -0.395. The van der Waals surface area contributed by atoms with Gasteiger partial charge in [0.15, 0.2) is 0 Å². The van der Waals surface area contributed by atoms with E-state index in [-0.39, 0.29) is 30.9 Å². The van der Waals surface area contributed by atoms with Gasteiger partial charge in [0.25, 0.3) is 5.91 Å². The van der Waals surface area contributed by atoms with Crippen molar-refractivity contribution in [2.24, 2.45) is 11.7 Å². The fourth-order valence-corrected chi connectivity index (χ4v) is 1.71. The van der Waals surface area contributed by atoms with Crippen LogP contribution < -0.4 is 16.4 Å². The number of carbonyl (C=O) groups is 2. The Bertz CT molecular complexity index is 474. The Labute approximate surface area is 124 Å². The van der Waals surface area contributed by atoms with Crippen molar-refractivity contribution in [2.45, 2.75) is 26.3 Å². The molecule has 0 saturated carbocycles. The second kappa shape index (κ2) is 8.39. The fourth-order valence-electron chi connectivity index (χ4n) is 1.71. The number of hydrogen-bond acceptors (Lipinski definition) is 4. The lowest BCUT2D eigenvalue weighted by atomic mass is 9.99. The smallest absolute Gasteiger partial charge is 0.251 e. The lowest BCUT2D eigenvalue weighted by Crippen LogP contribution is -2.40. The number of rotatable bonds is 7. The number of nitrogens with one attached hydrogen (secondary N) is 2. The van der Waals surface area contributed by atoms with Gasteiger partial charge in [-0.15, -0.1) is 0 Å². The predicted molar refractivity (Wildman–Crippen MR) is 81.9 cm³/mol. The number of amides is 2. The van der Waals surface area contributed by atoms with E-state index < -0.39 is 6.04 Å². The molecule has 6 nitrogen and oxygen atoms in total. The van der Waals surface area contributed by atoms with E-state index in [9.17, 15) is 9.59 Å². The van der Waals surface area contributed by atoms with Crippen molar-refractivity contribution in [3.8, 4) is 0 Å². The number of benzene rings is 1. The molecule has 0 saturated heterocycles. The van der Waals surface area contributed by atoms with E-state index in [0.29, 0.717) is 11.3 Å². The maximum atomic E-state index is 11.9. The van der Waals surface area contributed by atoms with Crippen molar-refractivity contribution < 1.29 is 14.7 Å². The van der Waals surface area contributed by atoms with Crippen molar-refractivity contribution in [3.63, 3.8) is 0 Å². The van der Waals surface area contributed by atoms with Crippen LogP contribution >= 0.6 is 0 Å². The first-order chi connectivity index (χ1) is 9.99. The summed E-state index contributed by atoms with van der Waals surface area (Å²) in [6.07, 6.45) is 0.832. The second-order valence-corrected chi connectivity index (χ2v) is 4.96. The van der Waals surface area contributed by atoms with Gasteiger partial charge in [-0.25, -0.2) is 0 Å². The maximum Gasteiger partial charge on any atom is 0.251 e. The molecule has 21 heavy (non-hydrogen) atoms. The number of hydrogen-bond donors (Lipinski definition) is 4. The third-order valence-electron chi connectivity index (χ3n) is 3.37. The number of anilines is 1. The van der Waals surface area contributed by atoms with E-state index in [0.717, 1.165) is 6.42 Å². The van der Waals surface area contributed by atoms with E-state index in [1.807, 2.05) is 13.8 Å². The molecule has 0 aliphatic heterocycles. The molecule has 0 aliphatic rings. The average Bonchev–Trinajstić information content (AvgIpc) is 2.51. The molecular formula is C15H23N3O3. The van der Waals surface area contributed by atoms with Crippen LogP contribution in [0.15, 0.2) is 24.3 Å². The van der Waals surface area contributed by atoms with Crippen LogP contribution in [0, 0.1) is 5.92 Å². The normalized spacial score (nSPS) is 13.3. The third-order valence-corrected chi connectivity index (χ3v) is 3.37. The van der Waals surface area contributed by atoms with E-state index >= 15 is 0 Å². The molecule has 0 fully saturated rings. The minimum Gasteiger partial charge on any atom is -0.395 e. The van der Waals surface area contributed by atoms with Gasteiger partial charge in [0.2, 0.25) is 5.91 Å². The van der Waals surface area contributed by atoms with Crippen LogP contribution in [0.5, 0.6) is 0 Å². The number of carbonyl (C=O) groups excluding carboxylic acids is 2. The molecule has 2 atom stereocenters. The molecule has 0 unspecified atom stereocenters. The Balaban J connectivity index is 2.62. The Hall–Kier alpha value is -1.92. The van der Waals surface area contributed by atoms with Crippen LogP contribution in [0.4, 0.5) is 5.69 Å². The number of aliphatic hydroxyl groups excluding tert-OH is 1. The highest BCUT2D eigenvalue weighted by Gasteiger charge is 2.19. The standard InChI is InChI=1S/C15H23N3O3/c1-3-10(2)13(16)15(21)18-12-6-4-11(5-7-12)14(20)17-8-9-19/h4-7,10,13,19H,3,8-9,16H2,1-2H3,(H,17,20)(H,18,21)/t10-,13-/m0/s1. The quantitative estimate of drug-likeness (QED) is 0.594. The molecule has 1 rings (SSSR count). The Morgan fingerprint density at radius 1 is 1.29 bits per heavy atom. The molecule has 0 heterocycles. The highest BCUT2D eigenvalue weighted by atomic mass is 16.3. The molecule has 0 bridgehead atoms. The molecular weight excluding hydrogens is 270 g/mol. The number of nitrogens with two attached hydrogens (primary N) is 1. The molecule has 0 aliphatic carbocycles. The van der Waals surface area contributed by atoms with Gasteiger partial charge in [0.1, 0.15) is 0 Å². The largest absolute Gasteiger partial charge is 0.395 e. The van der Waals surface area contributed by atoms with Crippen molar-refractivity contribution in [3.05, 3.63) is 29.8 Å². The van der Waals surface area contributed by atoms with E-state index in [4.69, 9.17) is 10.8 Å². The maximum absolute atomic E-state index is 11.9. The lowest BCUT2D eigenvalue weighted by Gasteiger charge is -2.17. The minimum atomic E-state index is -0.553. The van der Waals surface area contributed by atoms with Crippen LogP contribution in [-0.4, -0.2) is 36.1 Å². The van der Waals surface area contributed by atoms with E-state index in [1.165, 1.54) is 0 Å². The summed E-state index contributed by atoms with van der Waals surface area (Å²) < 4.78 is 0. The summed E-state index contributed by atoms with van der Waals surface area (Å²) in [6, 6.07) is 5.96. The Morgan fingerprint density at radius 2 is 1.90 bits per heavy atom. The summed E-state index contributed by atoms with van der Waals surface area (Å²) in [5, 5.41) is 13.9. The van der Waals surface area contributed by atoms with Crippen LogP contribution in [0.3, 0.4) is 0 Å². The van der Waals surface area contributed by atoms with Crippen LogP contribution in [0.2, 0.25) is 0 Å². The second-order valence-electron chi connectivity index (χ2n) is 4.96. The predicted octanol–water partition coefficient (Wildman–Crippen LogP) is 0.721. The molecule has 1 aromatic carbocycles. The molecule has 0 radical (unpaired) electrons. The minimum absolute atomic E-state index is 0.104. The van der Waals surface area contributed by atoms with Crippen molar-refractivity contribution in [2.75, 3.05) is 18.5 Å². The fraction of sp³-hybridized carbons (Fsp3) is 0.467. The Morgan fingerprint density at radius 3 is 2.43 bits per heavy atom. The summed E-state index contributed by atoms with van der Waals surface area (Å²) >= 11 is 0. The van der Waals surface area contributed by atoms with Gasteiger partial charge in [0.05, 0.1) is 12.6 Å². The summed E-state index contributed by atoms with van der Waals surface area (Å²) in [5.41, 5.74) is 6.91. The van der Waals surface area contributed by atoms with Gasteiger partial charge in [-0.3, -0.25) is 9.59 Å². The van der Waals surface area contributed by atoms with Gasteiger partial charge >= 0.3 is 0 Å².